The Balaban J connectivity index is 1.88. The SMILES string of the molecule is Cc1cc(N2CC(OCCF)C2)n2nc(C(F)(F)F)nc2n1. The van der Waals surface area contributed by atoms with Crippen molar-refractivity contribution in [2.75, 3.05) is 31.3 Å². The number of alkyl halides is 4. The van der Waals surface area contributed by atoms with Crippen molar-refractivity contribution in [3.63, 3.8) is 0 Å². The average molecular weight is 319 g/mol. The number of hydrogen-bond acceptors (Lipinski definition) is 5. The van der Waals surface area contributed by atoms with E-state index < -0.39 is 18.7 Å². The van der Waals surface area contributed by atoms with Gasteiger partial charge in [-0.15, -0.1) is 5.10 Å². The summed E-state index contributed by atoms with van der Waals surface area (Å²) in [7, 11) is 0. The normalized spacial score (nSPS) is 16.3. The molecule has 3 rings (SSSR count). The molecule has 22 heavy (non-hydrogen) atoms. The van der Waals surface area contributed by atoms with Crippen LogP contribution in [0.1, 0.15) is 11.5 Å². The predicted octanol–water partition coefficient (Wildman–Crippen LogP) is 1.63. The highest BCUT2D eigenvalue weighted by atomic mass is 19.4. The maximum absolute atomic E-state index is 12.7. The van der Waals surface area contributed by atoms with Gasteiger partial charge in [0.05, 0.1) is 12.7 Å². The molecule has 120 valence electrons. The summed E-state index contributed by atoms with van der Waals surface area (Å²) in [5.41, 5.74) is 0.539. The van der Waals surface area contributed by atoms with Gasteiger partial charge in [-0.1, -0.05) is 0 Å². The molecule has 0 aliphatic carbocycles. The largest absolute Gasteiger partial charge is 0.453 e. The van der Waals surface area contributed by atoms with Gasteiger partial charge in [-0.25, -0.2) is 9.37 Å². The highest BCUT2D eigenvalue weighted by Gasteiger charge is 2.37. The van der Waals surface area contributed by atoms with Gasteiger partial charge in [0.15, 0.2) is 0 Å². The third-order valence-electron chi connectivity index (χ3n) is 3.28. The molecule has 1 aliphatic rings. The van der Waals surface area contributed by atoms with Crippen molar-refractivity contribution in [2.24, 2.45) is 0 Å². The van der Waals surface area contributed by atoms with Crippen LogP contribution in [0.25, 0.3) is 5.78 Å². The van der Waals surface area contributed by atoms with Crippen molar-refractivity contribution < 1.29 is 22.3 Å². The van der Waals surface area contributed by atoms with E-state index in [1.54, 1.807) is 17.9 Å². The van der Waals surface area contributed by atoms with E-state index in [2.05, 4.69) is 15.1 Å². The van der Waals surface area contributed by atoms with E-state index in [9.17, 15) is 17.6 Å². The summed E-state index contributed by atoms with van der Waals surface area (Å²) in [6, 6.07) is 1.63. The summed E-state index contributed by atoms with van der Waals surface area (Å²) in [6.07, 6.45) is -4.76. The minimum Gasteiger partial charge on any atom is -0.372 e. The second-order valence-corrected chi connectivity index (χ2v) is 4.99. The first kappa shape index (κ1) is 14.9. The Hall–Kier alpha value is -1.97. The number of ether oxygens (including phenoxy) is 1. The quantitative estimate of drug-likeness (QED) is 0.802. The van der Waals surface area contributed by atoms with Crippen LogP contribution in [0.4, 0.5) is 23.4 Å². The van der Waals surface area contributed by atoms with Crippen LogP contribution in [0.15, 0.2) is 6.07 Å². The smallest absolute Gasteiger partial charge is 0.372 e. The van der Waals surface area contributed by atoms with Gasteiger partial charge in [-0.2, -0.15) is 22.7 Å². The molecular formula is C12H13F4N5O. The van der Waals surface area contributed by atoms with Crippen LogP contribution < -0.4 is 4.90 Å². The van der Waals surface area contributed by atoms with E-state index in [-0.39, 0.29) is 18.5 Å². The number of hydrogen-bond donors (Lipinski definition) is 0. The zero-order valence-electron chi connectivity index (χ0n) is 11.6. The number of aryl methyl sites for hydroxylation is 1. The van der Waals surface area contributed by atoms with E-state index in [0.29, 0.717) is 24.6 Å². The van der Waals surface area contributed by atoms with Gasteiger partial charge in [-0.3, -0.25) is 0 Å². The van der Waals surface area contributed by atoms with E-state index in [4.69, 9.17) is 4.74 Å². The lowest BCUT2D eigenvalue weighted by Crippen LogP contribution is -2.53. The lowest BCUT2D eigenvalue weighted by molar-refractivity contribution is -0.144. The van der Waals surface area contributed by atoms with E-state index in [1.165, 1.54) is 0 Å². The minimum atomic E-state index is -4.62. The van der Waals surface area contributed by atoms with Crippen molar-refractivity contribution >= 4 is 11.6 Å². The van der Waals surface area contributed by atoms with Gasteiger partial charge >= 0.3 is 6.18 Å². The van der Waals surface area contributed by atoms with Gasteiger partial charge in [-0.05, 0) is 6.92 Å². The van der Waals surface area contributed by atoms with E-state index in [1.807, 2.05) is 0 Å². The van der Waals surface area contributed by atoms with Crippen LogP contribution in [0.5, 0.6) is 0 Å². The molecule has 6 nitrogen and oxygen atoms in total. The van der Waals surface area contributed by atoms with Crippen LogP contribution in [-0.2, 0) is 10.9 Å². The van der Waals surface area contributed by atoms with Crippen LogP contribution in [-0.4, -0.2) is 52.1 Å². The number of halogens is 4. The standard InChI is InChI=1S/C12H13F4N5O/c1-7-4-9(20-5-8(6-20)22-3-2-13)21-11(17-7)18-10(19-21)12(14,15)16/h4,8H,2-3,5-6H2,1H3. The molecule has 0 N–H and O–H groups in total. The molecule has 0 spiro atoms. The third kappa shape index (κ3) is 2.70. The fourth-order valence-corrected chi connectivity index (χ4v) is 2.26. The van der Waals surface area contributed by atoms with Crippen LogP contribution in [0, 0.1) is 6.92 Å². The van der Waals surface area contributed by atoms with Crippen LogP contribution in [0.2, 0.25) is 0 Å². The maximum Gasteiger partial charge on any atom is 0.453 e. The first-order valence-corrected chi connectivity index (χ1v) is 6.62. The molecule has 2 aromatic rings. The van der Waals surface area contributed by atoms with Gasteiger partial charge in [0.2, 0.25) is 0 Å². The Kier molecular flexibility index (Phi) is 3.63. The molecule has 0 aromatic carbocycles. The summed E-state index contributed by atoms with van der Waals surface area (Å²) in [5.74, 6) is -0.862. The Morgan fingerprint density at radius 3 is 2.68 bits per heavy atom. The molecule has 1 fully saturated rings. The molecule has 0 saturated carbocycles. The van der Waals surface area contributed by atoms with E-state index in [0.717, 1.165) is 4.52 Å². The topological polar surface area (TPSA) is 55.6 Å². The molecular weight excluding hydrogens is 306 g/mol. The summed E-state index contributed by atoms with van der Waals surface area (Å²) in [6.45, 7) is 2.04. The fourth-order valence-electron chi connectivity index (χ4n) is 2.26. The summed E-state index contributed by atoms with van der Waals surface area (Å²) < 4.78 is 56.5. The van der Waals surface area contributed by atoms with Crippen molar-refractivity contribution in [1.29, 1.82) is 0 Å². The Morgan fingerprint density at radius 1 is 1.32 bits per heavy atom. The molecule has 0 bridgehead atoms. The molecule has 0 unspecified atom stereocenters. The first-order valence-electron chi connectivity index (χ1n) is 6.62. The lowest BCUT2D eigenvalue weighted by Gasteiger charge is -2.40. The molecule has 0 amide bonds. The summed E-state index contributed by atoms with van der Waals surface area (Å²) >= 11 is 0. The third-order valence-corrected chi connectivity index (χ3v) is 3.28. The zero-order chi connectivity index (χ0) is 15.9. The van der Waals surface area contributed by atoms with E-state index >= 15 is 0 Å². The minimum absolute atomic E-state index is 0.0187. The van der Waals surface area contributed by atoms with Crippen molar-refractivity contribution in [2.45, 2.75) is 19.2 Å². The molecule has 3 heterocycles. The molecule has 1 saturated heterocycles. The number of aromatic nitrogens is 4. The maximum atomic E-state index is 12.7. The number of fused-ring (bicyclic) bond motifs is 1. The lowest BCUT2D eigenvalue weighted by atomic mass is 10.1. The number of rotatable bonds is 4. The Morgan fingerprint density at radius 2 is 2.05 bits per heavy atom. The van der Waals surface area contributed by atoms with Gasteiger partial charge < -0.3 is 9.64 Å². The second kappa shape index (κ2) is 5.34. The highest BCUT2D eigenvalue weighted by Crippen LogP contribution is 2.29. The summed E-state index contributed by atoms with van der Waals surface area (Å²) in [5, 5.41) is 3.49. The van der Waals surface area contributed by atoms with Crippen molar-refractivity contribution in [3.05, 3.63) is 17.6 Å². The molecule has 0 radical (unpaired) electrons. The predicted molar refractivity (Wildman–Crippen MR) is 68.4 cm³/mol. The fraction of sp³-hybridized carbons (Fsp3) is 0.583. The second-order valence-electron chi connectivity index (χ2n) is 4.99. The number of anilines is 1. The van der Waals surface area contributed by atoms with Gasteiger partial charge in [0.25, 0.3) is 11.6 Å². The molecule has 0 atom stereocenters. The van der Waals surface area contributed by atoms with Crippen LogP contribution >= 0.6 is 0 Å². The van der Waals surface area contributed by atoms with Gasteiger partial charge in [0.1, 0.15) is 12.5 Å². The average Bonchev–Trinajstić information content (AvgIpc) is 2.80. The monoisotopic (exact) mass is 319 g/mol. The van der Waals surface area contributed by atoms with Crippen molar-refractivity contribution in [3.8, 4) is 0 Å². The molecule has 10 heteroatoms. The summed E-state index contributed by atoms with van der Waals surface area (Å²) in [4.78, 5) is 9.18. The Bertz CT molecular complexity index is 680. The van der Waals surface area contributed by atoms with Crippen LogP contribution in [0.3, 0.4) is 0 Å². The number of nitrogens with zero attached hydrogens (tertiary/aromatic N) is 5. The highest BCUT2D eigenvalue weighted by molar-refractivity contribution is 5.50. The van der Waals surface area contributed by atoms with Crippen molar-refractivity contribution in [1.82, 2.24) is 19.6 Å². The zero-order valence-corrected chi connectivity index (χ0v) is 11.6. The van der Waals surface area contributed by atoms with Gasteiger partial charge in [0, 0.05) is 24.8 Å². The first-order chi connectivity index (χ1) is 10.4. The Labute approximate surface area is 122 Å². The molecule has 2 aromatic heterocycles. The molecule has 1 aliphatic heterocycles.